The van der Waals surface area contributed by atoms with E-state index in [1.165, 1.54) is 62.7 Å². The molecule has 0 bridgehead atoms. The van der Waals surface area contributed by atoms with E-state index < -0.39 is 0 Å². The molecule has 3 aromatic heterocycles. The van der Waals surface area contributed by atoms with Crippen molar-refractivity contribution in [2.24, 2.45) is 5.92 Å². The van der Waals surface area contributed by atoms with Gasteiger partial charge in [-0.25, -0.2) is 9.97 Å². The summed E-state index contributed by atoms with van der Waals surface area (Å²) in [7, 11) is 0. The van der Waals surface area contributed by atoms with Gasteiger partial charge in [-0.05, 0) is 99.2 Å². The van der Waals surface area contributed by atoms with Crippen LogP contribution in [0.1, 0.15) is 102 Å². The van der Waals surface area contributed by atoms with Gasteiger partial charge in [0.15, 0.2) is 5.13 Å². The number of likely N-dealkylation sites (tertiary alicyclic amines) is 1. The van der Waals surface area contributed by atoms with E-state index in [-0.39, 0.29) is 17.9 Å². The Kier molecular flexibility index (Phi) is 9.92. The third-order valence-corrected chi connectivity index (χ3v) is 13.4. The van der Waals surface area contributed by atoms with Gasteiger partial charge in [-0.1, -0.05) is 61.3 Å². The van der Waals surface area contributed by atoms with Gasteiger partial charge in [-0.15, -0.1) is 0 Å². The zero-order valence-corrected chi connectivity index (χ0v) is 32.0. The van der Waals surface area contributed by atoms with E-state index >= 15 is 0 Å². The minimum absolute atomic E-state index is 0.123. The molecule has 3 fully saturated rings. The quantitative estimate of drug-likeness (QED) is 0.158. The van der Waals surface area contributed by atoms with E-state index in [0.717, 1.165) is 95.5 Å². The number of pyridine rings is 1. The second kappa shape index (κ2) is 15.3. The molecule has 2 N–H and O–H groups in total. The molecule has 2 aliphatic carbocycles. The summed E-state index contributed by atoms with van der Waals surface area (Å²) in [4.78, 5) is 42.7. The fourth-order valence-electron chi connectivity index (χ4n) is 9.02. The van der Waals surface area contributed by atoms with Gasteiger partial charge in [-0.2, -0.15) is 5.10 Å². The Hall–Kier alpha value is -4.61. The number of thiazole rings is 1. The SMILES string of the molecule is Cc1c(-c2ccc(N3CCc4cccc(C(=O)Nc5nc6ccccc6s5)c4C3)nc2C(=O)NC2CCN(C3CCC3)CC2)cnn1CC1CCCCC1. The van der Waals surface area contributed by atoms with Crippen LogP contribution in [0.25, 0.3) is 21.3 Å². The molecule has 1 saturated heterocycles. The third kappa shape index (κ3) is 7.15. The number of piperidine rings is 1. The number of anilines is 2. The van der Waals surface area contributed by atoms with E-state index in [1.807, 2.05) is 48.7 Å². The molecule has 5 heterocycles. The number of carbonyl (C=O) groups excluding carboxylic acids is 2. The maximum absolute atomic E-state index is 14.3. The average Bonchev–Trinajstić information content (AvgIpc) is 3.76. The van der Waals surface area contributed by atoms with E-state index in [1.54, 1.807) is 0 Å². The largest absolute Gasteiger partial charge is 0.352 e. The van der Waals surface area contributed by atoms with Crippen LogP contribution >= 0.6 is 11.3 Å². The van der Waals surface area contributed by atoms with Crippen molar-refractivity contribution in [2.75, 3.05) is 29.9 Å². The molecule has 9 rings (SSSR count). The highest BCUT2D eigenvalue weighted by Gasteiger charge is 2.31. The van der Waals surface area contributed by atoms with Gasteiger partial charge in [0.25, 0.3) is 11.8 Å². The second-order valence-corrected chi connectivity index (χ2v) is 16.9. The van der Waals surface area contributed by atoms with Crippen molar-refractivity contribution in [2.45, 2.75) is 103 Å². The lowest BCUT2D eigenvalue weighted by Gasteiger charge is -2.41. The Morgan fingerprint density at radius 2 is 1.67 bits per heavy atom. The molecule has 11 heteroatoms. The summed E-state index contributed by atoms with van der Waals surface area (Å²) in [5.74, 6) is 1.10. The first kappa shape index (κ1) is 35.1. The highest BCUT2D eigenvalue weighted by atomic mass is 32.1. The highest BCUT2D eigenvalue weighted by molar-refractivity contribution is 7.22. The van der Waals surface area contributed by atoms with Crippen molar-refractivity contribution in [3.63, 3.8) is 0 Å². The molecule has 5 aromatic rings. The van der Waals surface area contributed by atoms with Crippen LogP contribution in [0.2, 0.25) is 0 Å². The van der Waals surface area contributed by atoms with Crippen LogP contribution < -0.4 is 15.5 Å². The van der Waals surface area contributed by atoms with Gasteiger partial charge in [0, 0.05) is 67.2 Å². The first-order valence-electron chi connectivity index (χ1n) is 20.1. The van der Waals surface area contributed by atoms with Crippen LogP contribution in [-0.4, -0.2) is 68.2 Å². The molecule has 0 atom stereocenters. The smallest absolute Gasteiger partial charge is 0.270 e. The van der Waals surface area contributed by atoms with Gasteiger partial charge in [0.2, 0.25) is 0 Å². The fourth-order valence-corrected chi connectivity index (χ4v) is 9.88. The maximum Gasteiger partial charge on any atom is 0.270 e. The van der Waals surface area contributed by atoms with Gasteiger partial charge in [0.05, 0.1) is 16.4 Å². The predicted octanol–water partition coefficient (Wildman–Crippen LogP) is 8.01. The standard InChI is InChI=1S/C43H50N8O2S/c1-28-35(25-44-51(28)26-29-9-3-2-4-10-29)33-17-18-39(47-40(33)42(53)45-31-20-23-49(24-21-31)32-12-8-13-32)50-22-19-30-11-7-14-34(36(30)27-50)41(52)48-43-46-37-15-5-6-16-38(37)54-43/h5-7,11,14-18,25,29,31-32H,2-4,8-10,12-13,19-24,26-27H2,1H3,(H,45,53)(H,46,48,52). The Balaban J connectivity index is 0.983. The molecule has 2 saturated carbocycles. The molecule has 2 amide bonds. The summed E-state index contributed by atoms with van der Waals surface area (Å²) in [6.07, 6.45) is 15.0. The first-order valence-corrected chi connectivity index (χ1v) is 20.9. The number of carbonyl (C=O) groups is 2. The van der Waals surface area contributed by atoms with E-state index in [4.69, 9.17) is 10.1 Å². The summed E-state index contributed by atoms with van der Waals surface area (Å²) in [6.45, 7) is 6.36. The van der Waals surface area contributed by atoms with Crippen LogP contribution in [0.5, 0.6) is 0 Å². The van der Waals surface area contributed by atoms with E-state index in [2.05, 4.69) is 49.2 Å². The number of nitrogens with one attached hydrogen (secondary N) is 2. The number of rotatable bonds is 9. The van der Waals surface area contributed by atoms with E-state index in [0.29, 0.717) is 28.9 Å². The molecule has 10 nitrogen and oxygen atoms in total. The van der Waals surface area contributed by atoms with Crippen LogP contribution in [0.15, 0.2) is 60.8 Å². The topological polar surface area (TPSA) is 108 Å². The number of aromatic nitrogens is 4. The summed E-state index contributed by atoms with van der Waals surface area (Å²) in [5.41, 5.74) is 6.97. The number of para-hydroxylation sites is 1. The molecule has 0 spiro atoms. The van der Waals surface area contributed by atoms with Crippen LogP contribution in [0.3, 0.4) is 0 Å². The van der Waals surface area contributed by atoms with Crippen molar-refractivity contribution in [3.8, 4) is 11.1 Å². The number of fused-ring (bicyclic) bond motifs is 2. The Labute approximate surface area is 321 Å². The summed E-state index contributed by atoms with van der Waals surface area (Å²) < 4.78 is 3.17. The molecular weight excluding hydrogens is 693 g/mol. The van der Waals surface area contributed by atoms with Crippen molar-refractivity contribution in [3.05, 3.63) is 88.9 Å². The highest BCUT2D eigenvalue weighted by Crippen LogP contribution is 2.34. The lowest BCUT2D eigenvalue weighted by atomic mass is 9.89. The van der Waals surface area contributed by atoms with Crippen molar-refractivity contribution in [1.82, 2.24) is 30.0 Å². The number of nitrogens with zero attached hydrogens (tertiary/aromatic N) is 6. The third-order valence-electron chi connectivity index (χ3n) is 12.5. The Bertz CT molecular complexity index is 2120. The zero-order valence-electron chi connectivity index (χ0n) is 31.2. The van der Waals surface area contributed by atoms with Gasteiger partial charge >= 0.3 is 0 Å². The van der Waals surface area contributed by atoms with Crippen molar-refractivity contribution < 1.29 is 9.59 Å². The van der Waals surface area contributed by atoms with Crippen molar-refractivity contribution >= 4 is 44.3 Å². The molecule has 54 heavy (non-hydrogen) atoms. The molecule has 280 valence electrons. The minimum atomic E-state index is -0.166. The second-order valence-electron chi connectivity index (χ2n) is 15.8. The molecule has 2 aliphatic heterocycles. The summed E-state index contributed by atoms with van der Waals surface area (Å²) in [5, 5.41) is 11.9. The average molecular weight is 743 g/mol. The van der Waals surface area contributed by atoms with Crippen molar-refractivity contribution in [1.29, 1.82) is 0 Å². The van der Waals surface area contributed by atoms with Gasteiger partial charge in [-0.3, -0.25) is 19.6 Å². The number of hydrogen-bond acceptors (Lipinski definition) is 8. The lowest BCUT2D eigenvalue weighted by molar-refractivity contribution is 0.0797. The predicted molar refractivity (Wildman–Crippen MR) is 215 cm³/mol. The van der Waals surface area contributed by atoms with Gasteiger partial charge in [0.1, 0.15) is 11.5 Å². The first-order chi connectivity index (χ1) is 26.5. The zero-order chi connectivity index (χ0) is 36.6. The normalized spacial score (nSPS) is 18.7. The fraction of sp³-hybridized carbons (Fsp3) is 0.465. The monoisotopic (exact) mass is 742 g/mol. The molecule has 4 aliphatic rings. The van der Waals surface area contributed by atoms with Crippen LogP contribution in [0.4, 0.5) is 10.9 Å². The lowest BCUT2D eigenvalue weighted by Crippen LogP contribution is -2.49. The molecule has 0 radical (unpaired) electrons. The van der Waals surface area contributed by atoms with Crippen LogP contribution in [-0.2, 0) is 19.5 Å². The summed E-state index contributed by atoms with van der Waals surface area (Å²) in [6, 6.07) is 18.8. The molecular formula is C43H50N8O2S. The number of benzene rings is 2. The summed E-state index contributed by atoms with van der Waals surface area (Å²) >= 11 is 1.48. The Morgan fingerprint density at radius 3 is 2.46 bits per heavy atom. The molecule has 2 aromatic carbocycles. The maximum atomic E-state index is 14.3. The van der Waals surface area contributed by atoms with E-state index in [9.17, 15) is 9.59 Å². The van der Waals surface area contributed by atoms with Crippen LogP contribution in [0, 0.1) is 12.8 Å². The van der Waals surface area contributed by atoms with Gasteiger partial charge < -0.3 is 15.1 Å². The number of hydrogen-bond donors (Lipinski definition) is 2. The number of amides is 2. The Morgan fingerprint density at radius 1 is 0.833 bits per heavy atom. The molecule has 0 unspecified atom stereocenters. The minimum Gasteiger partial charge on any atom is -0.352 e.